The van der Waals surface area contributed by atoms with E-state index in [0.717, 1.165) is 11.1 Å². The minimum atomic E-state index is -0.281. The fourth-order valence-electron chi connectivity index (χ4n) is 1.54. The molecule has 1 aromatic carbocycles. The van der Waals surface area contributed by atoms with E-state index in [2.05, 4.69) is 9.97 Å². The first-order valence-corrected chi connectivity index (χ1v) is 4.73. The van der Waals surface area contributed by atoms with E-state index in [1.165, 1.54) is 12.1 Å². The molecule has 82 valence electrons. The van der Waals surface area contributed by atoms with Crippen LogP contribution in [0.1, 0.15) is 5.56 Å². The zero-order valence-electron chi connectivity index (χ0n) is 8.74. The number of nitrogens with zero attached hydrogens (tertiary/aromatic N) is 2. The smallest absolute Gasteiger partial charge is 0.222 e. The molecule has 2 rings (SSSR count). The summed E-state index contributed by atoms with van der Waals surface area (Å²) in [4.78, 5) is 7.84. The molecule has 4 N–H and O–H groups in total. The predicted molar refractivity (Wildman–Crippen MR) is 61.0 cm³/mol. The highest BCUT2D eigenvalue weighted by Crippen LogP contribution is 2.23. The van der Waals surface area contributed by atoms with E-state index < -0.39 is 0 Å². The molecular formula is C11H11FN4. The average Bonchev–Trinajstić information content (AvgIpc) is 2.15. The molecule has 0 aliphatic rings. The number of halogens is 1. The van der Waals surface area contributed by atoms with Crippen molar-refractivity contribution in [3.63, 3.8) is 0 Å². The van der Waals surface area contributed by atoms with Gasteiger partial charge in [0.15, 0.2) is 0 Å². The minimum Gasteiger partial charge on any atom is -0.384 e. The first kappa shape index (κ1) is 10.4. The lowest BCUT2D eigenvalue weighted by Crippen LogP contribution is -2.01. The van der Waals surface area contributed by atoms with Crippen molar-refractivity contribution in [2.24, 2.45) is 0 Å². The van der Waals surface area contributed by atoms with Crippen LogP contribution in [0.25, 0.3) is 11.3 Å². The van der Waals surface area contributed by atoms with E-state index in [1.54, 1.807) is 19.1 Å². The summed E-state index contributed by atoms with van der Waals surface area (Å²) in [6.07, 6.45) is 0. The Kier molecular flexibility index (Phi) is 2.44. The maximum Gasteiger partial charge on any atom is 0.222 e. The molecule has 1 aromatic heterocycles. The molecule has 0 saturated heterocycles. The Morgan fingerprint density at radius 3 is 2.50 bits per heavy atom. The monoisotopic (exact) mass is 218 g/mol. The molecule has 16 heavy (non-hydrogen) atoms. The van der Waals surface area contributed by atoms with Gasteiger partial charge in [0.05, 0.1) is 5.69 Å². The number of nitrogen functional groups attached to an aromatic ring is 2. The Bertz CT molecular complexity index is 519. The standard InChI is InChI=1S/C11H11FN4/c1-6-4-7(12)2-3-8(6)9-5-10(13)16-11(14)15-9/h2-5H,1H3,(H4,13,14,15,16). The van der Waals surface area contributed by atoms with Crippen LogP contribution in [0.15, 0.2) is 24.3 Å². The summed E-state index contributed by atoms with van der Waals surface area (Å²) in [5.41, 5.74) is 13.2. The van der Waals surface area contributed by atoms with Gasteiger partial charge < -0.3 is 11.5 Å². The zero-order chi connectivity index (χ0) is 11.7. The van der Waals surface area contributed by atoms with Gasteiger partial charge in [-0.25, -0.2) is 9.37 Å². The Morgan fingerprint density at radius 2 is 1.88 bits per heavy atom. The third kappa shape index (κ3) is 1.93. The molecular weight excluding hydrogens is 207 g/mol. The van der Waals surface area contributed by atoms with Crippen LogP contribution in [0.5, 0.6) is 0 Å². The van der Waals surface area contributed by atoms with Crippen LogP contribution < -0.4 is 11.5 Å². The zero-order valence-corrected chi connectivity index (χ0v) is 8.74. The van der Waals surface area contributed by atoms with Crippen molar-refractivity contribution in [1.29, 1.82) is 0 Å². The van der Waals surface area contributed by atoms with Crippen molar-refractivity contribution in [2.75, 3.05) is 11.5 Å². The van der Waals surface area contributed by atoms with E-state index in [4.69, 9.17) is 11.5 Å². The van der Waals surface area contributed by atoms with Crippen LogP contribution in [-0.4, -0.2) is 9.97 Å². The number of benzene rings is 1. The lowest BCUT2D eigenvalue weighted by molar-refractivity contribution is 0.627. The third-order valence-electron chi connectivity index (χ3n) is 2.23. The fourth-order valence-corrected chi connectivity index (χ4v) is 1.54. The Labute approximate surface area is 92.1 Å². The van der Waals surface area contributed by atoms with E-state index in [9.17, 15) is 4.39 Å². The van der Waals surface area contributed by atoms with Crippen LogP contribution in [0.4, 0.5) is 16.2 Å². The van der Waals surface area contributed by atoms with Gasteiger partial charge in [0.25, 0.3) is 0 Å². The summed E-state index contributed by atoms with van der Waals surface area (Å²) in [6.45, 7) is 1.80. The van der Waals surface area contributed by atoms with Crippen LogP contribution in [0, 0.1) is 12.7 Å². The molecule has 0 amide bonds. The summed E-state index contributed by atoms with van der Waals surface area (Å²) >= 11 is 0. The van der Waals surface area contributed by atoms with Gasteiger partial charge >= 0.3 is 0 Å². The van der Waals surface area contributed by atoms with Gasteiger partial charge in [-0.2, -0.15) is 4.98 Å². The van der Waals surface area contributed by atoms with E-state index >= 15 is 0 Å². The molecule has 0 saturated carbocycles. The molecule has 0 atom stereocenters. The minimum absolute atomic E-state index is 0.110. The number of hydrogen-bond donors (Lipinski definition) is 2. The van der Waals surface area contributed by atoms with E-state index in [-0.39, 0.29) is 11.8 Å². The highest BCUT2D eigenvalue weighted by atomic mass is 19.1. The van der Waals surface area contributed by atoms with Crippen molar-refractivity contribution in [3.8, 4) is 11.3 Å². The first-order chi connectivity index (χ1) is 7.56. The molecule has 0 unspecified atom stereocenters. The van der Waals surface area contributed by atoms with Crippen molar-refractivity contribution < 1.29 is 4.39 Å². The number of anilines is 2. The summed E-state index contributed by atoms with van der Waals surface area (Å²) in [5, 5.41) is 0. The number of nitrogens with two attached hydrogens (primary N) is 2. The maximum absolute atomic E-state index is 12.9. The number of rotatable bonds is 1. The molecule has 0 aliphatic carbocycles. The summed E-state index contributed by atoms with van der Waals surface area (Å²) in [5.74, 6) is 0.126. The maximum atomic E-state index is 12.9. The molecule has 0 aliphatic heterocycles. The molecule has 1 heterocycles. The first-order valence-electron chi connectivity index (χ1n) is 4.73. The van der Waals surface area contributed by atoms with Gasteiger partial charge in [-0.3, -0.25) is 0 Å². The third-order valence-corrected chi connectivity index (χ3v) is 2.23. The Balaban J connectivity index is 2.58. The van der Waals surface area contributed by atoms with Crippen LogP contribution >= 0.6 is 0 Å². The normalized spacial score (nSPS) is 10.4. The van der Waals surface area contributed by atoms with Crippen molar-refractivity contribution >= 4 is 11.8 Å². The highest BCUT2D eigenvalue weighted by Gasteiger charge is 2.06. The molecule has 0 bridgehead atoms. The fraction of sp³-hybridized carbons (Fsp3) is 0.0909. The van der Waals surface area contributed by atoms with Gasteiger partial charge in [-0.15, -0.1) is 0 Å². The van der Waals surface area contributed by atoms with E-state index in [0.29, 0.717) is 11.5 Å². The molecule has 2 aromatic rings. The second kappa shape index (κ2) is 3.77. The van der Waals surface area contributed by atoms with Crippen molar-refractivity contribution in [1.82, 2.24) is 9.97 Å². The van der Waals surface area contributed by atoms with Crippen LogP contribution in [0.2, 0.25) is 0 Å². The van der Waals surface area contributed by atoms with Gasteiger partial charge in [0.2, 0.25) is 5.95 Å². The summed E-state index contributed by atoms with van der Waals surface area (Å²) < 4.78 is 12.9. The largest absolute Gasteiger partial charge is 0.384 e. The van der Waals surface area contributed by atoms with Gasteiger partial charge in [0.1, 0.15) is 11.6 Å². The topological polar surface area (TPSA) is 77.8 Å². The lowest BCUT2D eigenvalue weighted by Gasteiger charge is -2.06. The number of aromatic nitrogens is 2. The second-order valence-electron chi connectivity index (χ2n) is 3.50. The lowest BCUT2D eigenvalue weighted by atomic mass is 10.1. The molecule has 0 spiro atoms. The van der Waals surface area contributed by atoms with Gasteiger partial charge in [-0.1, -0.05) is 0 Å². The Hall–Kier alpha value is -2.17. The molecule has 5 heteroatoms. The highest BCUT2D eigenvalue weighted by molar-refractivity contribution is 5.66. The molecule has 0 radical (unpaired) electrons. The summed E-state index contributed by atoms with van der Waals surface area (Å²) in [7, 11) is 0. The number of aryl methyl sites for hydroxylation is 1. The van der Waals surface area contributed by atoms with Crippen LogP contribution in [-0.2, 0) is 0 Å². The van der Waals surface area contributed by atoms with Gasteiger partial charge in [0, 0.05) is 11.6 Å². The van der Waals surface area contributed by atoms with E-state index in [1.807, 2.05) is 0 Å². The predicted octanol–water partition coefficient (Wildman–Crippen LogP) is 1.76. The Morgan fingerprint density at radius 1 is 1.12 bits per heavy atom. The quantitative estimate of drug-likeness (QED) is 0.764. The average molecular weight is 218 g/mol. The van der Waals surface area contributed by atoms with Crippen molar-refractivity contribution in [2.45, 2.75) is 6.92 Å². The van der Waals surface area contributed by atoms with Gasteiger partial charge in [-0.05, 0) is 30.7 Å². The number of hydrogen-bond acceptors (Lipinski definition) is 4. The molecule has 0 fully saturated rings. The summed E-state index contributed by atoms with van der Waals surface area (Å²) in [6, 6.07) is 6.06. The molecule has 4 nitrogen and oxygen atoms in total. The SMILES string of the molecule is Cc1cc(F)ccc1-c1cc(N)nc(N)n1. The second-order valence-corrected chi connectivity index (χ2v) is 3.50. The van der Waals surface area contributed by atoms with Crippen molar-refractivity contribution in [3.05, 3.63) is 35.6 Å². The van der Waals surface area contributed by atoms with Crippen LogP contribution in [0.3, 0.4) is 0 Å².